The number of aryl methyl sites for hydroxylation is 3. The molecule has 0 atom stereocenters. The van der Waals surface area contributed by atoms with Gasteiger partial charge in [0.2, 0.25) is 0 Å². The Balaban J connectivity index is 1.70. The van der Waals surface area contributed by atoms with Crippen LogP contribution in [0.4, 0.5) is 0 Å². The van der Waals surface area contributed by atoms with Crippen molar-refractivity contribution in [3.05, 3.63) is 64.7 Å². The zero-order valence-corrected chi connectivity index (χ0v) is 13.1. The lowest BCUT2D eigenvalue weighted by Gasteiger charge is -2.15. The highest BCUT2D eigenvalue weighted by molar-refractivity contribution is 5.45. The third-order valence-electron chi connectivity index (χ3n) is 4.40. The normalized spacial score (nSPS) is 14.2. The van der Waals surface area contributed by atoms with E-state index in [-0.39, 0.29) is 0 Å². The van der Waals surface area contributed by atoms with Gasteiger partial charge in [-0.1, -0.05) is 42.5 Å². The topological polar surface area (TPSA) is 9.23 Å². The van der Waals surface area contributed by atoms with Crippen molar-refractivity contribution < 1.29 is 4.74 Å². The highest BCUT2D eigenvalue weighted by Crippen LogP contribution is 2.32. The molecule has 2 aromatic carbocycles. The molecular formula is C20H24O. The van der Waals surface area contributed by atoms with Gasteiger partial charge in [-0.3, -0.25) is 0 Å². The van der Waals surface area contributed by atoms with Gasteiger partial charge in [-0.15, -0.1) is 0 Å². The molecule has 0 bridgehead atoms. The molecule has 0 aromatic heterocycles. The average Bonchev–Trinajstić information content (AvgIpc) is 3.32. The molecule has 1 heteroatoms. The summed E-state index contributed by atoms with van der Waals surface area (Å²) >= 11 is 0. The van der Waals surface area contributed by atoms with Crippen LogP contribution < -0.4 is 4.74 Å². The van der Waals surface area contributed by atoms with E-state index < -0.39 is 0 Å². The van der Waals surface area contributed by atoms with Crippen LogP contribution in [0.5, 0.6) is 5.75 Å². The standard InChI is InChI=1S/C20H24O/c1-15-8-12-19(13-11-17-6-4-3-5-7-17)16(2)20(15)21-14-18-9-10-18/h3-8,12,18H,9-11,13-14H2,1-2H3. The Hall–Kier alpha value is -1.76. The molecule has 0 unspecified atom stereocenters. The first-order valence-corrected chi connectivity index (χ1v) is 8.00. The zero-order valence-electron chi connectivity index (χ0n) is 13.1. The van der Waals surface area contributed by atoms with E-state index >= 15 is 0 Å². The minimum atomic E-state index is 0.803. The summed E-state index contributed by atoms with van der Waals surface area (Å²) in [6.07, 6.45) is 4.85. The molecular weight excluding hydrogens is 256 g/mol. The lowest BCUT2D eigenvalue weighted by molar-refractivity contribution is 0.295. The molecule has 0 aliphatic heterocycles. The lowest BCUT2D eigenvalue weighted by Crippen LogP contribution is -2.04. The summed E-state index contributed by atoms with van der Waals surface area (Å²) in [5.74, 6) is 1.92. The van der Waals surface area contributed by atoms with Crippen molar-refractivity contribution in [2.24, 2.45) is 5.92 Å². The van der Waals surface area contributed by atoms with Gasteiger partial charge < -0.3 is 4.74 Å². The van der Waals surface area contributed by atoms with Crippen molar-refractivity contribution in [2.75, 3.05) is 6.61 Å². The maximum atomic E-state index is 6.08. The molecule has 0 N–H and O–H groups in total. The van der Waals surface area contributed by atoms with Gasteiger partial charge in [0.05, 0.1) is 6.61 Å². The van der Waals surface area contributed by atoms with Gasteiger partial charge in [0.15, 0.2) is 0 Å². The molecule has 1 saturated carbocycles. The molecule has 0 radical (unpaired) electrons. The summed E-state index contributed by atoms with van der Waals surface area (Å²) in [7, 11) is 0. The van der Waals surface area contributed by atoms with Crippen LogP contribution in [0.2, 0.25) is 0 Å². The second kappa shape index (κ2) is 6.34. The smallest absolute Gasteiger partial charge is 0.125 e. The first kappa shape index (κ1) is 14.2. The van der Waals surface area contributed by atoms with Crippen LogP contribution in [0.25, 0.3) is 0 Å². The van der Waals surface area contributed by atoms with E-state index in [9.17, 15) is 0 Å². The largest absolute Gasteiger partial charge is 0.493 e. The molecule has 1 fully saturated rings. The van der Waals surface area contributed by atoms with Gasteiger partial charge in [0.1, 0.15) is 5.75 Å². The lowest BCUT2D eigenvalue weighted by atomic mass is 9.98. The van der Waals surface area contributed by atoms with Crippen LogP contribution in [0.15, 0.2) is 42.5 Å². The zero-order chi connectivity index (χ0) is 14.7. The van der Waals surface area contributed by atoms with Crippen molar-refractivity contribution in [1.29, 1.82) is 0 Å². The molecule has 1 nitrogen and oxygen atoms in total. The summed E-state index contributed by atoms with van der Waals surface area (Å²) < 4.78 is 6.08. The summed E-state index contributed by atoms with van der Waals surface area (Å²) in [6.45, 7) is 5.25. The number of hydrogen-bond acceptors (Lipinski definition) is 1. The van der Waals surface area contributed by atoms with Gasteiger partial charge in [0.25, 0.3) is 0 Å². The third kappa shape index (κ3) is 3.66. The summed E-state index contributed by atoms with van der Waals surface area (Å²) in [4.78, 5) is 0. The number of ether oxygens (including phenoxy) is 1. The molecule has 0 amide bonds. The third-order valence-corrected chi connectivity index (χ3v) is 4.40. The summed E-state index contributed by atoms with van der Waals surface area (Å²) in [6, 6.07) is 15.2. The molecule has 0 heterocycles. The summed E-state index contributed by atoms with van der Waals surface area (Å²) in [5.41, 5.74) is 5.40. The molecule has 0 saturated heterocycles. The number of hydrogen-bond donors (Lipinski definition) is 0. The first-order chi connectivity index (χ1) is 10.2. The second-order valence-corrected chi connectivity index (χ2v) is 6.24. The average molecular weight is 280 g/mol. The van der Waals surface area contributed by atoms with E-state index in [0.29, 0.717) is 0 Å². The van der Waals surface area contributed by atoms with Gasteiger partial charge in [0, 0.05) is 0 Å². The molecule has 0 spiro atoms. The Bertz CT molecular complexity index is 597. The Morgan fingerprint density at radius 2 is 1.71 bits per heavy atom. The highest BCUT2D eigenvalue weighted by atomic mass is 16.5. The molecule has 110 valence electrons. The molecule has 3 rings (SSSR count). The van der Waals surface area contributed by atoms with Crippen LogP contribution in [0, 0.1) is 19.8 Å². The minimum absolute atomic E-state index is 0.803. The fourth-order valence-corrected chi connectivity index (χ4v) is 2.77. The van der Waals surface area contributed by atoms with Crippen molar-refractivity contribution in [1.82, 2.24) is 0 Å². The summed E-state index contributed by atoms with van der Waals surface area (Å²) in [5, 5.41) is 0. The van der Waals surface area contributed by atoms with E-state index in [1.165, 1.54) is 35.1 Å². The SMILES string of the molecule is Cc1ccc(CCc2ccccc2)c(C)c1OCC1CC1. The van der Waals surface area contributed by atoms with Crippen molar-refractivity contribution in [2.45, 2.75) is 39.5 Å². The molecule has 1 aliphatic rings. The Morgan fingerprint density at radius 1 is 0.952 bits per heavy atom. The molecule has 2 aromatic rings. The van der Waals surface area contributed by atoms with Crippen LogP contribution in [0.3, 0.4) is 0 Å². The van der Waals surface area contributed by atoms with Crippen LogP contribution in [0.1, 0.15) is 35.1 Å². The van der Waals surface area contributed by atoms with Crippen molar-refractivity contribution in [3.63, 3.8) is 0 Å². The van der Waals surface area contributed by atoms with Crippen LogP contribution in [-0.2, 0) is 12.8 Å². The fraction of sp³-hybridized carbons (Fsp3) is 0.400. The predicted octanol–water partition coefficient (Wildman–Crippen LogP) is 4.88. The quantitative estimate of drug-likeness (QED) is 0.733. The number of benzene rings is 2. The van der Waals surface area contributed by atoms with Crippen molar-refractivity contribution in [3.8, 4) is 5.75 Å². The Kier molecular flexibility index (Phi) is 4.28. The second-order valence-electron chi connectivity index (χ2n) is 6.24. The van der Waals surface area contributed by atoms with E-state index in [0.717, 1.165) is 31.1 Å². The van der Waals surface area contributed by atoms with E-state index in [1.54, 1.807) is 0 Å². The van der Waals surface area contributed by atoms with Crippen molar-refractivity contribution >= 4 is 0 Å². The molecule has 21 heavy (non-hydrogen) atoms. The highest BCUT2D eigenvalue weighted by Gasteiger charge is 2.22. The van der Waals surface area contributed by atoms with E-state index in [4.69, 9.17) is 4.74 Å². The van der Waals surface area contributed by atoms with E-state index in [1.807, 2.05) is 0 Å². The minimum Gasteiger partial charge on any atom is -0.493 e. The maximum absolute atomic E-state index is 6.08. The van der Waals surface area contributed by atoms with Crippen LogP contribution in [-0.4, -0.2) is 6.61 Å². The first-order valence-electron chi connectivity index (χ1n) is 8.00. The Labute approximate surface area is 128 Å². The Morgan fingerprint density at radius 3 is 2.43 bits per heavy atom. The molecule has 1 aliphatic carbocycles. The monoisotopic (exact) mass is 280 g/mol. The van der Waals surface area contributed by atoms with Gasteiger partial charge in [-0.2, -0.15) is 0 Å². The van der Waals surface area contributed by atoms with Gasteiger partial charge in [-0.25, -0.2) is 0 Å². The predicted molar refractivity (Wildman–Crippen MR) is 88.0 cm³/mol. The maximum Gasteiger partial charge on any atom is 0.125 e. The fourth-order valence-electron chi connectivity index (χ4n) is 2.77. The van der Waals surface area contributed by atoms with Gasteiger partial charge >= 0.3 is 0 Å². The van der Waals surface area contributed by atoms with Gasteiger partial charge in [-0.05, 0) is 67.7 Å². The number of rotatable bonds is 6. The van der Waals surface area contributed by atoms with E-state index in [2.05, 4.69) is 56.3 Å². The van der Waals surface area contributed by atoms with Crippen LogP contribution >= 0.6 is 0 Å².